The van der Waals surface area contributed by atoms with Gasteiger partial charge >= 0.3 is 0 Å². The summed E-state index contributed by atoms with van der Waals surface area (Å²) in [7, 11) is 1.84. The van der Waals surface area contributed by atoms with Gasteiger partial charge in [-0.2, -0.15) is 0 Å². The highest BCUT2D eigenvalue weighted by molar-refractivity contribution is 5.79. The standard InChI is InChI=1S/C17H24N4O2/c1-11(21(5)10-14(22)20-17(2,3)4)15-18-13-9-7-6-8-12(13)16(23)19-15/h6-9,11H,10H2,1-5H3,(H,20,22)(H,18,19,23)/t11-/m1/s1. The number of fused-ring (bicyclic) bond motifs is 1. The molecule has 1 atom stereocenters. The number of hydrogen-bond donors (Lipinski definition) is 2. The van der Waals surface area contributed by atoms with Crippen LogP contribution in [-0.4, -0.2) is 39.9 Å². The van der Waals surface area contributed by atoms with Crippen LogP contribution in [0.3, 0.4) is 0 Å². The Hall–Kier alpha value is -2.21. The van der Waals surface area contributed by atoms with Crippen molar-refractivity contribution in [3.63, 3.8) is 0 Å². The molecule has 1 amide bonds. The van der Waals surface area contributed by atoms with Crippen molar-refractivity contribution in [2.45, 2.75) is 39.3 Å². The highest BCUT2D eigenvalue weighted by atomic mass is 16.2. The van der Waals surface area contributed by atoms with E-state index in [1.165, 1.54) is 0 Å². The summed E-state index contributed by atoms with van der Waals surface area (Å²) < 4.78 is 0. The van der Waals surface area contributed by atoms with Crippen molar-refractivity contribution in [3.8, 4) is 0 Å². The van der Waals surface area contributed by atoms with Gasteiger partial charge in [0, 0.05) is 5.54 Å². The quantitative estimate of drug-likeness (QED) is 0.902. The number of aromatic nitrogens is 2. The lowest BCUT2D eigenvalue weighted by Gasteiger charge is -2.26. The van der Waals surface area contributed by atoms with Crippen LogP contribution in [0.25, 0.3) is 10.9 Å². The van der Waals surface area contributed by atoms with E-state index in [1.807, 2.05) is 57.8 Å². The number of likely N-dealkylation sites (N-methyl/N-ethyl adjacent to an activating group) is 1. The summed E-state index contributed by atoms with van der Waals surface area (Å²) in [5.41, 5.74) is 0.229. The molecule has 1 aromatic carbocycles. The molecule has 0 saturated heterocycles. The van der Waals surface area contributed by atoms with Crippen LogP contribution < -0.4 is 10.9 Å². The third kappa shape index (κ3) is 4.39. The average molecular weight is 316 g/mol. The lowest BCUT2D eigenvalue weighted by Crippen LogP contribution is -2.45. The normalized spacial score (nSPS) is 13.3. The predicted octanol–water partition coefficient (Wildman–Crippen LogP) is 1.83. The number of rotatable bonds is 4. The van der Waals surface area contributed by atoms with Crippen molar-refractivity contribution in [2.75, 3.05) is 13.6 Å². The summed E-state index contributed by atoms with van der Waals surface area (Å²) >= 11 is 0. The molecule has 0 spiro atoms. The molecule has 0 fully saturated rings. The number of amides is 1. The molecular formula is C17H24N4O2. The Bertz CT molecular complexity index is 761. The van der Waals surface area contributed by atoms with Crippen molar-refractivity contribution in [1.29, 1.82) is 0 Å². The van der Waals surface area contributed by atoms with Gasteiger partial charge in [0.25, 0.3) is 5.56 Å². The van der Waals surface area contributed by atoms with Gasteiger partial charge in [0.2, 0.25) is 5.91 Å². The smallest absolute Gasteiger partial charge is 0.258 e. The number of carbonyl (C=O) groups is 1. The number of carbonyl (C=O) groups excluding carboxylic acids is 1. The largest absolute Gasteiger partial charge is 0.350 e. The molecule has 2 aromatic rings. The predicted molar refractivity (Wildman–Crippen MR) is 91.3 cm³/mol. The van der Waals surface area contributed by atoms with Crippen molar-refractivity contribution in [2.24, 2.45) is 0 Å². The van der Waals surface area contributed by atoms with E-state index in [-0.39, 0.29) is 29.6 Å². The number of benzene rings is 1. The number of aromatic amines is 1. The second kappa shape index (κ2) is 6.50. The Balaban J connectivity index is 2.18. The molecule has 23 heavy (non-hydrogen) atoms. The third-order valence-corrected chi connectivity index (χ3v) is 3.60. The first-order valence-corrected chi connectivity index (χ1v) is 7.67. The zero-order valence-electron chi connectivity index (χ0n) is 14.3. The van der Waals surface area contributed by atoms with Gasteiger partial charge < -0.3 is 10.3 Å². The maximum Gasteiger partial charge on any atom is 0.258 e. The molecule has 2 rings (SSSR count). The van der Waals surface area contributed by atoms with Crippen molar-refractivity contribution in [1.82, 2.24) is 20.2 Å². The first-order valence-electron chi connectivity index (χ1n) is 7.67. The van der Waals surface area contributed by atoms with Crippen LogP contribution >= 0.6 is 0 Å². The lowest BCUT2D eigenvalue weighted by atomic mass is 10.1. The van der Waals surface area contributed by atoms with Crippen molar-refractivity contribution < 1.29 is 4.79 Å². The molecule has 0 bridgehead atoms. The van der Waals surface area contributed by atoms with Gasteiger partial charge in [-0.15, -0.1) is 0 Å². The molecular weight excluding hydrogens is 292 g/mol. The maximum absolute atomic E-state index is 12.1. The number of H-pyrrole nitrogens is 1. The van der Waals surface area contributed by atoms with Gasteiger partial charge in [0.15, 0.2) is 0 Å². The second-order valence-corrected chi connectivity index (χ2v) is 6.86. The van der Waals surface area contributed by atoms with E-state index in [4.69, 9.17) is 0 Å². The minimum atomic E-state index is -0.267. The van der Waals surface area contributed by atoms with Gasteiger partial charge in [-0.1, -0.05) is 12.1 Å². The molecule has 0 aliphatic heterocycles. The van der Waals surface area contributed by atoms with Crippen LogP contribution in [0.5, 0.6) is 0 Å². The van der Waals surface area contributed by atoms with Crippen LogP contribution in [0.4, 0.5) is 0 Å². The van der Waals surface area contributed by atoms with E-state index in [9.17, 15) is 9.59 Å². The maximum atomic E-state index is 12.1. The summed E-state index contributed by atoms with van der Waals surface area (Å²) in [5.74, 6) is 0.495. The molecule has 6 nitrogen and oxygen atoms in total. The minimum absolute atomic E-state index is 0.0602. The summed E-state index contributed by atoms with van der Waals surface area (Å²) in [6.07, 6.45) is 0. The third-order valence-electron chi connectivity index (χ3n) is 3.60. The minimum Gasteiger partial charge on any atom is -0.350 e. The van der Waals surface area contributed by atoms with E-state index in [1.54, 1.807) is 6.07 Å². The van der Waals surface area contributed by atoms with Gasteiger partial charge in [-0.25, -0.2) is 4.98 Å². The highest BCUT2D eigenvalue weighted by Crippen LogP contribution is 2.15. The lowest BCUT2D eigenvalue weighted by molar-refractivity contribution is -0.123. The van der Waals surface area contributed by atoms with Gasteiger partial charge in [-0.3, -0.25) is 14.5 Å². The molecule has 1 aromatic heterocycles. The van der Waals surface area contributed by atoms with E-state index < -0.39 is 0 Å². The molecule has 6 heteroatoms. The topological polar surface area (TPSA) is 78.1 Å². The highest BCUT2D eigenvalue weighted by Gasteiger charge is 2.20. The fraction of sp³-hybridized carbons (Fsp3) is 0.471. The summed E-state index contributed by atoms with van der Waals surface area (Å²) in [6, 6.07) is 7.04. The summed E-state index contributed by atoms with van der Waals surface area (Å²) in [4.78, 5) is 33.4. The van der Waals surface area contributed by atoms with Crippen LogP contribution in [-0.2, 0) is 4.79 Å². The monoisotopic (exact) mass is 316 g/mol. The molecule has 0 saturated carbocycles. The molecule has 124 valence electrons. The van der Waals surface area contributed by atoms with E-state index >= 15 is 0 Å². The Labute approximate surface area is 135 Å². The summed E-state index contributed by atoms with van der Waals surface area (Å²) in [6.45, 7) is 7.97. The zero-order chi connectivity index (χ0) is 17.2. The fourth-order valence-corrected chi connectivity index (χ4v) is 2.33. The molecule has 0 aliphatic carbocycles. The molecule has 0 aliphatic rings. The number of nitrogens with zero attached hydrogens (tertiary/aromatic N) is 2. The molecule has 2 N–H and O–H groups in total. The molecule has 0 unspecified atom stereocenters. The Morgan fingerprint density at radius 3 is 2.65 bits per heavy atom. The summed E-state index contributed by atoms with van der Waals surface area (Å²) in [5, 5.41) is 3.49. The van der Waals surface area contributed by atoms with Crippen molar-refractivity contribution in [3.05, 3.63) is 40.4 Å². The van der Waals surface area contributed by atoms with E-state index in [0.717, 1.165) is 0 Å². The Morgan fingerprint density at radius 2 is 2.00 bits per heavy atom. The Morgan fingerprint density at radius 1 is 1.35 bits per heavy atom. The number of hydrogen-bond acceptors (Lipinski definition) is 4. The number of nitrogens with one attached hydrogen (secondary N) is 2. The van der Waals surface area contributed by atoms with E-state index in [2.05, 4.69) is 15.3 Å². The molecule has 0 radical (unpaired) electrons. The average Bonchev–Trinajstić information content (AvgIpc) is 2.44. The van der Waals surface area contributed by atoms with Gasteiger partial charge in [0.1, 0.15) is 5.82 Å². The Kier molecular flexibility index (Phi) is 4.85. The van der Waals surface area contributed by atoms with Crippen molar-refractivity contribution >= 4 is 16.8 Å². The van der Waals surface area contributed by atoms with E-state index in [0.29, 0.717) is 16.7 Å². The van der Waals surface area contributed by atoms with Crippen LogP contribution in [0.1, 0.15) is 39.6 Å². The first kappa shape index (κ1) is 17.1. The van der Waals surface area contributed by atoms with Gasteiger partial charge in [-0.05, 0) is 46.9 Å². The van der Waals surface area contributed by atoms with Gasteiger partial charge in [0.05, 0.1) is 23.5 Å². The first-order chi connectivity index (χ1) is 10.7. The SMILES string of the molecule is C[C@H](c1nc2ccccc2c(=O)[nH]1)N(C)CC(=O)NC(C)(C)C. The number of para-hydroxylation sites is 1. The van der Waals surface area contributed by atoms with Crippen LogP contribution in [0.15, 0.2) is 29.1 Å². The fourth-order valence-electron chi connectivity index (χ4n) is 2.33. The van der Waals surface area contributed by atoms with Crippen LogP contribution in [0.2, 0.25) is 0 Å². The zero-order valence-corrected chi connectivity index (χ0v) is 14.3. The second-order valence-electron chi connectivity index (χ2n) is 6.86. The van der Waals surface area contributed by atoms with Crippen LogP contribution in [0, 0.1) is 0 Å². The molecule has 1 heterocycles.